The van der Waals surface area contributed by atoms with Gasteiger partial charge in [-0.1, -0.05) is 18.2 Å². The lowest BCUT2D eigenvalue weighted by atomic mass is 10.2. The number of oxazole rings is 1. The Balaban J connectivity index is 1.50. The summed E-state index contributed by atoms with van der Waals surface area (Å²) in [5.74, 6) is 2.43. The first-order valence-corrected chi connectivity index (χ1v) is 8.14. The number of hydrogen-bond acceptors (Lipinski definition) is 5. The molecule has 0 unspecified atom stereocenters. The molecule has 0 aliphatic rings. The molecule has 0 aliphatic heterocycles. The van der Waals surface area contributed by atoms with E-state index < -0.39 is 0 Å². The van der Waals surface area contributed by atoms with Gasteiger partial charge in [-0.2, -0.15) is 0 Å². The van der Waals surface area contributed by atoms with Gasteiger partial charge in [-0.05, 0) is 36.4 Å². The zero-order valence-corrected chi connectivity index (χ0v) is 13.7. The molecular formula is C20H18N2O3. The Morgan fingerprint density at radius 3 is 2.00 bits per heavy atom. The number of hydrogen-bond donors (Lipinski definition) is 0. The van der Waals surface area contributed by atoms with Gasteiger partial charge in [0.25, 0.3) is 0 Å². The summed E-state index contributed by atoms with van der Waals surface area (Å²) in [6, 6.07) is 17.6. The van der Waals surface area contributed by atoms with E-state index in [2.05, 4.69) is 9.88 Å². The smallest absolute Gasteiger partial charge is 0.226 e. The maximum Gasteiger partial charge on any atom is 0.226 e. The van der Waals surface area contributed by atoms with Gasteiger partial charge >= 0.3 is 0 Å². The van der Waals surface area contributed by atoms with Gasteiger partial charge in [0.2, 0.25) is 5.89 Å². The van der Waals surface area contributed by atoms with Crippen LogP contribution < -0.4 is 0 Å². The van der Waals surface area contributed by atoms with E-state index in [0.29, 0.717) is 25.5 Å². The Labute approximate surface area is 145 Å². The first kappa shape index (κ1) is 15.5. The number of nitrogens with zero attached hydrogens (tertiary/aromatic N) is 2. The summed E-state index contributed by atoms with van der Waals surface area (Å²) in [4.78, 5) is 6.81. The van der Waals surface area contributed by atoms with Gasteiger partial charge in [-0.3, -0.25) is 4.90 Å². The predicted octanol–water partition coefficient (Wildman–Crippen LogP) is 4.73. The van der Waals surface area contributed by atoms with Crippen molar-refractivity contribution in [2.24, 2.45) is 0 Å². The van der Waals surface area contributed by atoms with E-state index in [9.17, 15) is 0 Å². The fourth-order valence-electron chi connectivity index (χ4n) is 2.74. The minimum atomic E-state index is 0.631. The highest BCUT2D eigenvalue weighted by Crippen LogP contribution is 2.20. The molecule has 25 heavy (non-hydrogen) atoms. The molecule has 0 saturated heterocycles. The highest BCUT2D eigenvalue weighted by molar-refractivity contribution is 5.52. The summed E-state index contributed by atoms with van der Waals surface area (Å²) in [6.07, 6.45) is 5.08. The maximum absolute atomic E-state index is 5.64. The summed E-state index contributed by atoms with van der Waals surface area (Å²) in [6.45, 7) is 1.97. The summed E-state index contributed by atoms with van der Waals surface area (Å²) in [7, 11) is 0. The lowest BCUT2D eigenvalue weighted by Gasteiger charge is -2.18. The topological polar surface area (TPSA) is 55.6 Å². The quantitative estimate of drug-likeness (QED) is 0.489. The SMILES string of the molecule is c1ccc(-c2nc(CN(Cc3ccco3)Cc3ccco3)co2)cc1. The molecule has 0 aliphatic carbocycles. The van der Waals surface area contributed by atoms with Crippen LogP contribution in [0.2, 0.25) is 0 Å². The molecule has 0 amide bonds. The molecule has 4 aromatic rings. The second kappa shape index (κ2) is 7.23. The molecule has 0 bridgehead atoms. The lowest BCUT2D eigenvalue weighted by molar-refractivity contribution is 0.207. The Hall–Kier alpha value is -3.05. The molecule has 0 spiro atoms. The fourth-order valence-corrected chi connectivity index (χ4v) is 2.74. The first-order valence-electron chi connectivity index (χ1n) is 8.14. The molecule has 0 radical (unpaired) electrons. The van der Waals surface area contributed by atoms with E-state index in [1.807, 2.05) is 54.6 Å². The molecule has 3 aromatic heterocycles. The van der Waals surface area contributed by atoms with E-state index in [-0.39, 0.29) is 0 Å². The van der Waals surface area contributed by atoms with Crippen LogP contribution in [0.4, 0.5) is 0 Å². The molecule has 0 fully saturated rings. The van der Waals surface area contributed by atoms with Crippen LogP contribution in [0.25, 0.3) is 11.5 Å². The van der Waals surface area contributed by atoms with Crippen LogP contribution >= 0.6 is 0 Å². The van der Waals surface area contributed by atoms with E-state index in [1.54, 1.807) is 18.8 Å². The first-order chi connectivity index (χ1) is 12.4. The van der Waals surface area contributed by atoms with Crippen molar-refractivity contribution in [2.75, 3.05) is 0 Å². The zero-order valence-electron chi connectivity index (χ0n) is 13.7. The van der Waals surface area contributed by atoms with Crippen molar-refractivity contribution in [3.63, 3.8) is 0 Å². The highest BCUT2D eigenvalue weighted by atomic mass is 16.3. The van der Waals surface area contributed by atoms with Crippen molar-refractivity contribution < 1.29 is 13.3 Å². The third-order valence-corrected chi connectivity index (χ3v) is 3.88. The van der Waals surface area contributed by atoms with Gasteiger partial charge in [-0.15, -0.1) is 0 Å². The summed E-state index contributed by atoms with van der Waals surface area (Å²) in [5, 5.41) is 0. The van der Waals surface area contributed by atoms with Crippen molar-refractivity contribution in [2.45, 2.75) is 19.6 Å². The van der Waals surface area contributed by atoms with Crippen LogP contribution in [0.1, 0.15) is 17.2 Å². The third kappa shape index (κ3) is 3.89. The normalized spacial score (nSPS) is 11.2. The molecule has 5 nitrogen and oxygen atoms in total. The van der Waals surface area contributed by atoms with Crippen molar-refractivity contribution in [1.82, 2.24) is 9.88 Å². The van der Waals surface area contributed by atoms with Crippen LogP contribution in [-0.2, 0) is 19.6 Å². The molecule has 5 heteroatoms. The Bertz CT molecular complexity index is 844. The summed E-state index contributed by atoms with van der Waals surface area (Å²) < 4.78 is 16.6. The van der Waals surface area contributed by atoms with Crippen LogP contribution in [0.15, 0.2) is 86.6 Å². The second-order valence-electron chi connectivity index (χ2n) is 5.81. The summed E-state index contributed by atoms with van der Waals surface area (Å²) in [5.41, 5.74) is 1.84. The van der Waals surface area contributed by atoms with Crippen molar-refractivity contribution in [3.8, 4) is 11.5 Å². The molecule has 3 heterocycles. The largest absolute Gasteiger partial charge is 0.468 e. The predicted molar refractivity (Wildman–Crippen MR) is 92.3 cm³/mol. The average Bonchev–Trinajstić information content (AvgIpc) is 3.38. The van der Waals surface area contributed by atoms with Gasteiger partial charge < -0.3 is 13.3 Å². The molecule has 0 saturated carbocycles. The Morgan fingerprint density at radius 2 is 1.40 bits per heavy atom. The van der Waals surface area contributed by atoms with Crippen molar-refractivity contribution in [1.29, 1.82) is 0 Å². The van der Waals surface area contributed by atoms with Crippen LogP contribution in [0.5, 0.6) is 0 Å². The van der Waals surface area contributed by atoms with Crippen LogP contribution in [0.3, 0.4) is 0 Å². The van der Waals surface area contributed by atoms with Crippen LogP contribution in [-0.4, -0.2) is 9.88 Å². The van der Waals surface area contributed by atoms with Gasteiger partial charge in [-0.25, -0.2) is 4.98 Å². The molecule has 0 atom stereocenters. The van der Waals surface area contributed by atoms with Gasteiger partial charge in [0.15, 0.2) is 0 Å². The fraction of sp³-hybridized carbons (Fsp3) is 0.150. The zero-order chi connectivity index (χ0) is 16.9. The third-order valence-electron chi connectivity index (χ3n) is 3.88. The van der Waals surface area contributed by atoms with E-state index in [4.69, 9.17) is 13.3 Å². The van der Waals surface area contributed by atoms with E-state index in [1.165, 1.54) is 0 Å². The number of furan rings is 2. The van der Waals surface area contributed by atoms with E-state index >= 15 is 0 Å². The monoisotopic (exact) mass is 334 g/mol. The van der Waals surface area contributed by atoms with E-state index in [0.717, 1.165) is 22.8 Å². The van der Waals surface area contributed by atoms with Gasteiger partial charge in [0, 0.05) is 12.1 Å². The van der Waals surface area contributed by atoms with Crippen molar-refractivity contribution >= 4 is 0 Å². The lowest BCUT2D eigenvalue weighted by Crippen LogP contribution is -2.22. The average molecular weight is 334 g/mol. The Kier molecular flexibility index (Phi) is 4.48. The minimum Gasteiger partial charge on any atom is -0.468 e. The molecule has 4 rings (SSSR count). The Morgan fingerprint density at radius 1 is 0.720 bits per heavy atom. The second-order valence-corrected chi connectivity index (χ2v) is 5.81. The number of aromatic nitrogens is 1. The number of benzene rings is 1. The minimum absolute atomic E-state index is 0.631. The molecular weight excluding hydrogens is 316 g/mol. The molecule has 0 N–H and O–H groups in total. The number of rotatable bonds is 7. The summed E-state index contributed by atoms with van der Waals surface area (Å²) >= 11 is 0. The molecule has 1 aromatic carbocycles. The highest BCUT2D eigenvalue weighted by Gasteiger charge is 2.14. The standard InChI is InChI=1S/C20H18N2O3/c1-2-6-16(7-3-1)20-21-17(15-25-20)12-22(13-18-8-4-10-23-18)14-19-9-5-11-24-19/h1-11,15H,12-14H2. The van der Waals surface area contributed by atoms with Gasteiger partial charge in [0.1, 0.15) is 17.8 Å². The van der Waals surface area contributed by atoms with Crippen molar-refractivity contribution in [3.05, 3.63) is 90.6 Å². The van der Waals surface area contributed by atoms with Crippen LogP contribution in [0, 0.1) is 0 Å². The van der Waals surface area contributed by atoms with Gasteiger partial charge in [0.05, 0.1) is 31.3 Å². The maximum atomic E-state index is 5.64. The molecule has 126 valence electrons.